The van der Waals surface area contributed by atoms with Crippen LogP contribution in [0.3, 0.4) is 0 Å². The first-order valence-electron chi connectivity index (χ1n) is 10.3. The molecule has 0 aromatic heterocycles. The van der Waals surface area contributed by atoms with Gasteiger partial charge in [-0.2, -0.15) is 0 Å². The monoisotopic (exact) mass is 421 g/mol. The average molecular weight is 422 g/mol. The van der Waals surface area contributed by atoms with Crippen molar-refractivity contribution in [2.45, 2.75) is 58.5 Å². The maximum atomic E-state index is 9.10. The number of ether oxygens (including phenoxy) is 2. The number of unbranched alkanes of at least 4 members (excludes halogenated alkanes) is 2. The first-order chi connectivity index (χ1) is 14.1. The van der Waals surface area contributed by atoms with Crippen LogP contribution in [0.15, 0.2) is 18.2 Å². The molecule has 0 saturated carbocycles. The van der Waals surface area contributed by atoms with Gasteiger partial charge < -0.3 is 24.6 Å². The molecule has 0 fully saturated rings. The second-order valence-corrected chi connectivity index (χ2v) is 8.11. The van der Waals surface area contributed by atoms with Crippen molar-refractivity contribution >= 4 is 18.0 Å². The number of hydrogen-bond acceptors (Lipinski definition) is 5. The fourth-order valence-corrected chi connectivity index (χ4v) is 2.91. The van der Waals surface area contributed by atoms with Crippen molar-refractivity contribution in [1.82, 2.24) is 4.90 Å². The molecule has 1 aromatic carbocycles. The zero-order valence-electron chi connectivity index (χ0n) is 18.7. The Morgan fingerprint density at radius 3 is 2.33 bits per heavy atom. The van der Waals surface area contributed by atoms with Gasteiger partial charge in [-0.1, -0.05) is 25.8 Å². The van der Waals surface area contributed by atoms with Gasteiger partial charge >= 0.3 is 11.9 Å². The van der Waals surface area contributed by atoms with Crippen molar-refractivity contribution in [3.8, 4) is 11.5 Å². The molecular weight excluding hydrogens is 386 g/mol. The Balaban J connectivity index is 0.000000656. The zero-order valence-corrected chi connectivity index (χ0v) is 18.7. The summed E-state index contributed by atoms with van der Waals surface area (Å²) < 4.78 is 12.2. The molecule has 1 aliphatic heterocycles. The standard InChI is InChI=1S/C21H33NO2.C2H2O4/c1-6-7-8-10-17-15-18-11-12-21(2,3)24-20(18)16-19(17)23-14-9-13-22(4)5;3-1(4)2(5)6/h11-12,15-16H,6-10,13-14H2,1-5H3;(H,3,4)(H,5,6). The third kappa shape index (κ3) is 9.31. The van der Waals surface area contributed by atoms with Gasteiger partial charge in [0.15, 0.2) is 0 Å². The minimum atomic E-state index is -1.82. The Morgan fingerprint density at radius 1 is 1.10 bits per heavy atom. The van der Waals surface area contributed by atoms with Crippen molar-refractivity contribution in [3.05, 3.63) is 29.3 Å². The van der Waals surface area contributed by atoms with Crippen molar-refractivity contribution in [2.24, 2.45) is 0 Å². The Hall–Kier alpha value is -2.54. The molecule has 2 N–H and O–H groups in total. The molecule has 0 amide bonds. The third-order valence-electron chi connectivity index (χ3n) is 4.47. The molecule has 168 valence electrons. The molecule has 1 aromatic rings. The number of nitrogens with zero attached hydrogens (tertiary/aromatic N) is 1. The van der Waals surface area contributed by atoms with Gasteiger partial charge in [-0.3, -0.25) is 0 Å². The van der Waals surface area contributed by atoms with E-state index in [2.05, 4.69) is 64.1 Å². The van der Waals surface area contributed by atoms with Gasteiger partial charge in [-0.15, -0.1) is 0 Å². The molecule has 0 unspecified atom stereocenters. The molecule has 7 nitrogen and oxygen atoms in total. The lowest BCUT2D eigenvalue weighted by atomic mass is 9.98. The average Bonchev–Trinajstić information content (AvgIpc) is 2.65. The van der Waals surface area contributed by atoms with Crippen LogP contribution in [0.5, 0.6) is 11.5 Å². The summed E-state index contributed by atoms with van der Waals surface area (Å²) in [6.07, 6.45) is 10.1. The number of carbonyl (C=O) groups is 2. The molecule has 0 atom stereocenters. The number of rotatable bonds is 9. The minimum absolute atomic E-state index is 0.251. The van der Waals surface area contributed by atoms with Crippen LogP contribution in [0.4, 0.5) is 0 Å². The fraction of sp³-hybridized carbons (Fsp3) is 0.565. The predicted molar refractivity (Wildman–Crippen MR) is 117 cm³/mol. The van der Waals surface area contributed by atoms with E-state index in [-0.39, 0.29) is 5.60 Å². The maximum Gasteiger partial charge on any atom is 0.414 e. The van der Waals surface area contributed by atoms with Gasteiger partial charge in [0.2, 0.25) is 0 Å². The summed E-state index contributed by atoms with van der Waals surface area (Å²) >= 11 is 0. The predicted octanol–water partition coefficient (Wildman–Crippen LogP) is 4.09. The molecule has 2 rings (SSSR count). The van der Waals surface area contributed by atoms with E-state index in [1.807, 2.05) is 0 Å². The van der Waals surface area contributed by atoms with E-state index in [1.54, 1.807) is 0 Å². The van der Waals surface area contributed by atoms with E-state index in [9.17, 15) is 0 Å². The molecule has 0 saturated heterocycles. The number of fused-ring (bicyclic) bond motifs is 1. The van der Waals surface area contributed by atoms with Gasteiger partial charge in [-0.05, 0) is 64.9 Å². The summed E-state index contributed by atoms with van der Waals surface area (Å²) in [5, 5.41) is 14.8. The van der Waals surface area contributed by atoms with Crippen molar-refractivity contribution in [1.29, 1.82) is 0 Å². The summed E-state index contributed by atoms with van der Waals surface area (Å²) in [7, 11) is 4.19. The Labute approximate surface area is 179 Å². The molecule has 1 aliphatic rings. The van der Waals surface area contributed by atoms with Gasteiger partial charge in [0.25, 0.3) is 0 Å². The van der Waals surface area contributed by atoms with Gasteiger partial charge in [-0.25, -0.2) is 9.59 Å². The number of benzene rings is 1. The van der Waals surface area contributed by atoms with E-state index in [0.29, 0.717) is 0 Å². The fourth-order valence-electron chi connectivity index (χ4n) is 2.91. The van der Waals surface area contributed by atoms with Crippen molar-refractivity contribution < 1.29 is 29.3 Å². The molecule has 7 heteroatoms. The molecule has 1 heterocycles. The third-order valence-corrected chi connectivity index (χ3v) is 4.47. The number of hydrogen-bond donors (Lipinski definition) is 2. The molecular formula is C23H35NO6. The van der Waals surface area contributed by atoms with E-state index in [1.165, 1.54) is 30.4 Å². The number of carboxylic acids is 2. The summed E-state index contributed by atoms with van der Waals surface area (Å²) in [5.74, 6) is -1.72. The van der Waals surface area contributed by atoms with Crippen LogP contribution in [0.25, 0.3) is 6.08 Å². The highest BCUT2D eigenvalue weighted by Gasteiger charge is 2.23. The summed E-state index contributed by atoms with van der Waals surface area (Å²) in [6.45, 7) is 8.20. The molecule has 0 aliphatic carbocycles. The lowest BCUT2D eigenvalue weighted by molar-refractivity contribution is -0.159. The highest BCUT2D eigenvalue weighted by atomic mass is 16.5. The summed E-state index contributed by atoms with van der Waals surface area (Å²) in [5.41, 5.74) is 2.22. The van der Waals surface area contributed by atoms with E-state index < -0.39 is 11.9 Å². The smallest absolute Gasteiger partial charge is 0.414 e. The van der Waals surface area contributed by atoms with E-state index in [0.717, 1.165) is 37.5 Å². The van der Waals surface area contributed by atoms with E-state index in [4.69, 9.17) is 29.3 Å². The molecule has 0 bridgehead atoms. The zero-order chi connectivity index (χ0) is 22.7. The minimum Gasteiger partial charge on any atom is -0.493 e. The van der Waals surface area contributed by atoms with E-state index >= 15 is 0 Å². The second-order valence-electron chi connectivity index (χ2n) is 8.11. The second kappa shape index (κ2) is 12.2. The van der Waals surface area contributed by atoms with Crippen molar-refractivity contribution in [3.63, 3.8) is 0 Å². The Bertz CT molecular complexity index is 727. The lowest BCUT2D eigenvalue weighted by Crippen LogP contribution is -2.27. The number of aryl methyl sites for hydroxylation is 1. The summed E-state index contributed by atoms with van der Waals surface area (Å²) in [6, 6.07) is 4.34. The first-order valence-corrected chi connectivity index (χ1v) is 10.3. The van der Waals surface area contributed by atoms with Crippen LogP contribution in [-0.4, -0.2) is 59.9 Å². The van der Waals surface area contributed by atoms with Gasteiger partial charge in [0.05, 0.1) is 6.61 Å². The maximum absolute atomic E-state index is 9.10. The Morgan fingerprint density at radius 2 is 1.77 bits per heavy atom. The molecule has 0 radical (unpaired) electrons. The lowest BCUT2D eigenvalue weighted by Gasteiger charge is -2.29. The van der Waals surface area contributed by atoms with Crippen molar-refractivity contribution in [2.75, 3.05) is 27.2 Å². The Kier molecular flexibility index (Phi) is 10.4. The number of carboxylic acid groups (broad SMARTS) is 2. The SMILES string of the molecule is CCCCCc1cc2c(cc1OCCCN(C)C)OC(C)(C)C=C2.O=C(O)C(=O)O. The van der Waals surface area contributed by atoms with Gasteiger partial charge in [0, 0.05) is 18.2 Å². The molecule has 30 heavy (non-hydrogen) atoms. The van der Waals surface area contributed by atoms with Crippen LogP contribution in [0, 0.1) is 0 Å². The van der Waals surface area contributed by atoms with Crippen LogP contribution in [0.2, 0.25) is 0 Å². The first kappa shape index (κ1) is 25.5. The quantitative estimate of drug-likeness (QED) is 0.458. The van der Waals surface area contributed by atoms with Gasteiger partial charge in [0.1, 0.15) is 17.1 Å². The number of aliphatic carboxylic acids is 2. The highest BCUT2D eigenvalue weighted by molar-refractivity contribution is 6.27. The van der Waals surface area contributed by atoms with Crippen LogP contribution in [0.1, 0.15) is 57.6 Å². The van der Waals surface area contributed by atoms with Crippen LogP contribution in [-0.2, 0) is 16.0 Å². The normalized spacial score (nSPS) is 13.7. The van der Waals surface area contributed by atoms with Crippen LogP contribution >= 0.6 is 0 Å². The van der Waals surface area contributed by atoms with Crippen LogP contribution < -0.4 is 9.47 Å². The molecule has 0 spiro atoms. The topological polar surface area (TPSA) is 96.3 Å². The highest BCUT2D eigenvalue weighted by Crippen LogP contribution is 2.36. The summed E-state index contributed by atoms with van der Waals surface area (Å²) in [4.78, 5) is 20.4. The largest absolute Gasteiger partial charge is 0.493 e.